The highest BCUT2D eigenvalue weighted by atomic mass is 32.2. The zero-order chi connectivity index (χ0) is 21.8. The Hall–Kier alpha value is -3.26. The number of carbonyl (C=O) groups excluding carboxylic acids is 1. The molecule has 7 nitrogen and oxygen atoms in total. The van der Waals surface area contributed by atoms with Gasteiger partial charge >= 0.3 is 0 Å². The Kier molecular flexibility index (Phi) is 6.11. The summed E-state index contributed by atoms with van der Waals surface area (Å²) in [7, 11) is 0. The Labute approximate surface area is 190 Å². The molecule has 1 aliphatic heterocycles. The molecule has 0 aliphatic carbocycles. The Morgan fingerprint density at radius 1 is 1.03 bits per heavy atom. The molecule has 0 bridgehead atoms. The van der Waals surface area contributed by atoms with Gasteiger partial charge in [-0.2, -0.15) is 0 Å². The van der Waals surface area contributed by atoms with Crippen LogP contribution < -0.4 is 4.74 Å². The van der Waals surface area contributed by atoms with Gasteiger partial charge in [0.1, 0.15) is 18.1 Å². The summed E-state index contributed by atoms with van der Waals surface area (Å²) < 4.78 is 13.7. The van der Waals surface area contributed by atoms with E-state index in [2.05, 4.69) is 22.3 Å². The number of likely N-dealkylation sites (tertiary alicyclic amines) is 1. The summed E-state index contributed by atoms with van der Waals surface area (Å²) in [5.41, 5.74) is 0. The molecular formula is C24H24N4O3S. The van der Waals surface area contributed by atoms with Crippen molar-refractivity contribution in [3.63, 3.8) is 0 Å². The maximum absolute atomic E-state index is 12.5. The van der Waals surface area contributed by atoms with Gasteiger partial charge in [-0.05, 0) is 36.4 Å². The van der Waals surface area contributed by atoms with Gasteiger partial charge in [-0.25, -0.2) is 0 Å². The molecule has 0 atom stereocenters. The Morgan fingerprint density at radius 3 is 2.72 bits per heavy atom. The fourth-order valence-corrected chi connectivity index (χ4v) is 4.76. The van der Waals surface area contributed by atoms with Gasteiger partial charge in [-0.3, -0.25) is 9.36 Å². The molecule has 0 radical (unpaired) electrons. The molecule has 1 saturated heterocycles. The van der Waals surface area contributed by atoms with Crippen LogP contribution in [0.3, 0.4) is 0 Å². The molecule has 0 spiro atoms. The van der Waals surface area contributed by atoms with Crippen LogP contribution in [0.2, 0.25) is 0 Å². The maximum Gasteiger partial charge on any atom is 0.233 e. The molecule has 0 unspecified atom stereocenters. The van der Waals surface area contributed by atoms with Crippen LogP contribution in [0.25, 0.3) is 10.8 Å². The average Bonchev–Trinajstić information content (AvgIpc) is 3.59. The molecular weight excluding hydrogens is 424 g/mol. The summed E-state index contributed by atoms with van der Waals surface area (Å²) in [6.07, 6.45) is 3.82. The van der Waals surface area contributed by atoms with Gasteiger partial charge in [-0.1, -0.05) is 48.2 Å². The number of furan rings is 1. The number of ether oxygens (including phenoxy) is 1. The normalized spacial score (nSPS) is 13.7. The number of benzene rings is 2. The van der Waals surface area contributed by atoms with Crippen LogP contribution >= 0.6 is 11.8 Å². The number of fused-ring (bicyclic) bond motifs is 1. The lowest BCUT2D eigenvalue weighted by Crippen LogP contribution is -2.29. The van der Waals surface area contributed by atoms with Crippen molar-refractivity contribution in [2.45, 2.75) is 31.1 Å². The van der Waals surface area contributed by atoms with E-state index in [1.54, 1.807) is 6.26 Å². The van der Waals surface area contributed by atoms with E-state index >= 15 is 0 Å². The molecule has 2 aromatic heterocycles. The van der Waals surface area contributed by atoms with Crippen molar-refractivity contribution in [2.75, 3.05) is 18.8 Å². The van der Waals surface area contributed by atoms with E-state index in [-0.39, 0.29) is 12.5 Å². The first-order chi connectivity index (χ1) is 15.8. The van der Waals surface area contributed by atoms with Crippen molar-refractivity contribution in [1.29, 1.82) is 0 Å². The number of amides is 1. The van der Waals surface area contributed by atoms with Crippen LogP contribution in [0.5, 0.6) is 5.75 Å². The molecule has 1 amide bonds. The quantitative estimate of drug-likeness (QED) is 0.373. The zero-order valence-corrected chi connectivity index (χ0v) is 18.5. The maximum atomic E-state index is 12.5. The summed E-state index contributed by atoms with van der Waals surface area (Å²) in [6, 6.07) is 17.9. The van der Waals surface area contributed by atoms with E-state index in [0.29, 0.717) is 23.3 Å². The zero-order valence-electron chi connectivity index (χ0n) is 17.6. The summed E-state index contributed by atoms with van der Waals surface area (Å²) in [5.74, 6) is 2.78. The third-order valence-corrected chi connectivity index (χ3v) is 6.53. The second kappa shape index (κ2) is 9.48. The molecule has 164 valence electrons. The van der Waals surface area contributed by atoms with Gasteiger partial charge in [0, 0.05) is 18.5 Å². The highest BCUT2D eigenvalue weighted by molar-refractivity contribution is 7.99. The highest BCUT2D eigenvalue weighted by Gasteiger charge is 2.21. The monoisotopic (exact) mass is 448 g/mol. The van der Waals surface area contributed by atoms with Gasteiger partial charge in [0.2, 0.25) is 5.91 Å². The number of rotatable bonds is 8. The largest absolute Gasteiger partial charge is 0.485 e. The lowest BCUT2D eigenvalue weighted by molar-refractivity contribution is -0.127. The van der Waals surface area contributed by atoms with E-state index in [1.165, 1.54) is 11.8 Å². The topological polar surface area (TPSA) is 73.4 Å². The second-order valence-corrected chi connectivity index (χ2v) is 8.65. The number of hydrogen-bond donors (Lipinski definition) is 0. The first-order valence-electron chi connectivity index (χ1n) is 10.7. The summed E-state index contributed by atoms with van der Waals surface area (Å²) in [4.78, 5) is 14.4. The van der Waals surface area contributed by atoms with Gasteiger partial charge in [0.05, 0.1) is 18.6 Å². The lowest BCUT2D eigenvalue weighted by Gasteiger charge is -2.15. The average molecular weight is 449 g/mol. The molecule has 1 fully saturated rings. The molecule has 0 saturated carbocycles. The Morgan fingerprint density at radius 2 is 1.88 bits per heavy atom. The summed E-state index contributed by atoms with van der Waals surface area (Å²) >= 11 is 1.41. The van der Waals surface area contributed by atoms with Crippen LogP contribution in [0.4, 0.5) is 0 Å². The van der Waals surface area contributed by atoms with E-state index in [9.17, 15) is 4.79 Å². The van der Waals surface area contributed by atoms with Crippen LogP contribution in [-0.2, 0) is 17.9 Å². The van der Waals surface area contributed by atoms with Crippen molar-refractivity contribution in [3.8, 4) is 5.75 Å². The van der Waals surface area contributed by atoms with Crippen LogP contribution in [0, 0.1) is 0 Å². The third-order valence-electron chi connectivity index (χ3n) is 5.58. The number of hydrogen-bond acceptors (Lipinski definition) is 6. The molecule has 8 heteroatoms. The minimum atomic E-state index is 0.147. The second-order valence-electron chi connectivity index (χ2n) is 7.71. The number of aromatic nitrogens is 3. The van der Waals surface area contributed by atoms with Gasteiger partial charge in [-0.15, -0.1) is 10.2 Å². The van der Waals surface area contributed by atoms with Crippen LogP contribution in [0.15, 0.2) is 70.4 Å². The highest BCUT2D eigenvalue weighted by Crippen LogP contribution is 2.27. The summed E-state index contributed by atoms with van der Waals surface area (Å²) in [5, 5.41) is 11.6. The predicted molar refractivity (Wildman–Crippen MR) is 123 cm³/mol. The minimum absolute atomic E-state index is 0.147. The first kappa shape index (κ1) is 20.6. The molecule has 0 N–H and O–H groups in total. The van der Waals surface area contributed by atoms with Crippen LogP contribution in [0.1, 0.15) is 24.4 Å². The van der Waals surface area contributed by atoms with Gasteiger partial charge < -0.3 is 14.1 Å². The smallest absolute Gasteiger partial charge is 0.233 e. The SMILES string of the molecule is O=C(CSc1nnc(COc2cccc3ccccc23)n1Cc1ccco1)N1CCCC1. The Balaban J connectivity index is 1.34. The Bertz CT molecular complexity index is 1190. The van der Waals surface area contributed by atoms with Crippen molar-refractivity contribution in [3.05, 3.63) is 72.4 Å². The van der Waals surface area contributed by atoms with E-state index in [4.69, 9.17) is 9.15 Å². The molecule has 2 aromatic carbocycles. The van der Waals surface area contributed by atoms with Crippen molar-refractivity contribution >= 4 is 28.4 Å². The molecule has 4 aromatic rings. The van der Waals surface area contributed by atoms with E-state index < -0.39 is 0 Å². The number of thioether (sulfide) groups is 1. The lowest BCUT2D eigenvalue weighted by atomic mass is 10.1. The fraction of sp³-hybridized carbons (Fsp3) is 0.292. The van der Waals surface area contributed by atoms with Crippen molar-refractivity contribution in [2.24, 2.45) is 0 Å². The summed E-state index contributed by atoms with van der Waals surface area (Å²) in [6.45, 7) is 2.45. The molecule has 32 heavy (non-hydrogen) atoms. The van der Waals surface area contributed by atoms with Gasteiger partial charge in [0.25, 0.3) is 0 Å². The minimum Gasteiger partial charge on any atom is -0.485 e. The fourth-order valence-electron chi connectivity index (χ4n) is 3.90. The van der Waals surface area contributed by atoms with Gasteiger partial charge in [0.15, 0.2) is 11.0 Å². The van der Waals surface area contributed by atoms with Crippen molar-refractivity contribution in [1.82, 2.24) is 19.7 Å². The number of carbonyl (C=O) groups is 1. The van der Waals surface area contributed by atoms with E-state index in [0.717, 1.165) is 48.2 Å². The predicted octanol–water partition coefficient (Wildman–Crippen LogP) is 4.37. The first-order valence-corrected chi connectivity index (χ1v) is 11.7. The van der Waals surface area contributed by atoms with Crippen molar-refractivity contribution < 1.29 is 13.9 Å². The number of nitrogens with zero attached hydrogens (tertiary/aromatic N) is 4. The molecule has 5 rings (SSSR count). The molecule has 3 heterocycles. The third kappa shape index (κ3) is 4.50. The standard InChI is InChI=1S/C24H24N4O3S/c29-23(27-12-3-4-13-27)17-32-24-26-25-22(28(24)15-19-9-6-14-30-19)16-31-21-11-5-8-18-7-1-2-10-20(18)21/h1-2,5-11,14H,3-4,12-13,15-17H2. The van der Waals surface area contributed by atoms with Crippen LogP contribution in [-0.4, -0.2) is 44.4 Å². The van der Waals surface area contributed by atoms with E-state index in [1.807, 2.05) is 51.9 Å². The molecule has 1 aliphatic rings.